The summed E-state index contributed by atoms with van der Waals surface area (Å²) in [5.74, 6) is 0.803. The van der Waals surface area contributed by atoms with Crippen LogP contribution in [-0.2, 0) is 9.53 Å². The predicted molar refractivity (Wildman–Crippen MR) is 89.7 cm³/mol. The van der Waals surface area contributed by atoms with Crippen molar-refractivity contribution in [2.24, 2.45) is 0 Å². The first-order chi connectivity index (χ1) is 10.2. The molecule has 1 aliphatic heterocycles. The van der Waals surface area contributed by atoms with Gasteiger partial charge in [-0.3, -0.25) is 4.79 Å². The molecule has 7 heteroatoms. The highest BCUT2D eigenvalue weighted by molar-refractivity contribution is 5.90. The summed E-state index contributed by atoms with van der Waals surface area (Å²) in [6.07, 6.45) is 4.14. The summed E-state index contributed by atoms with van der Waals surface area (Å²) >= 11 is 0. The number of morpholine rings is 1. The molecule has 1 atom stereocenters. The van der Waals surface area contributed by atoms with Gasteiger partial charge in [0.05, 0.1) is 31.4 Å². The van der Waals surface area contributed by atoms with E-state index in [1.165, 1.54) is 0 Å². The Hall–Kier alpha value is -1.11. The van der Waals surface area contributed by atoms with E-state index in [9.17, 15) is 4.79 Å². The Morgan fingerprint density at radius 2 is 2.27 bits per heavy atom. The van der Waals surface area contributed by atoms with Crippen molar-refractivity contribution in [2.75, 3.05) is 25.0 Å². The lowest BCUT2D eigenvalue weighted by molar-refractivity contribution is -0.119. The van der Waals surface area contributed by atoms with E-state index in [4.69, 9.17) is 4.74 Å². The number of amides is 1. The second-order valence-electron chi connectivity index (χ2n) is 5.54. The average Bonchev–Trinajstić information content (AvgIpc) is 2.83. The summed E-state index contributed by atoms with van der Waals surface area (Å²) in [5, 5.41) is 10.7. The lowest BCUT2D eigenvalue weighted by atomic mass is 10.2. The smallest absolute Gasteiger partial charge is 0.228 e. The second kappa shape index (κ2) is 9.12. The Kier molecular flexibility index (Phi) is 7.85. The summed E-state index contributed by atoms with van der Waals surface area (Å²) in [7, 11) is 0. The SMILES string of the molecule is CCC(CC)n1ncc(C)c1NC(=O)CC1CNCCO1.Cl. The van der Waals surface area contributed by atoms with Crippen LogP contribution in [-0.4, -0.2) is 41.5 Å². The van der Waals surface area contributed by atoms with Crippen LogP contribution in [0.3, 0.4) is 0 Å². The molecular weight excluding hydrogens is 304 g/mol. The highest BCUT2D eigenvalue weighted by Crippen LogP contribution is 2.23. The maximum absolute atomic E-state index is 12.2. The molecule has 1 aromatic rings. The van der Waals surface area contributed by atoms with Crippen molar-refractivity contribution >= 4 is 24.1 Å². The monoisotopic (exact) mass is 330 g/mol. The number of carbonyl (C=O) groups excluding carboxylic acids is 1. The van der Waals surface area contributed by atoms with Crippen molar-refractivity contribution < 1.29 is 9.53 Å². The molecule has 22 heavy (non-hydrogen) atoms. The molecule has 1 aliphatic rings. The molecule has 1 fully saturated rings. The number of nitrogens with one attached hydrogen (secondary N) is 2. The van der Waals surface area contributed by atoms with Gasteiger partial charge in [0.2, 0.25) is 5.91 Å². The third-order valence-electron chi connectivity index (χ3n) is 3.94. The van der Waals surface area contributed by atoms with Crippen molar-refractivity contribution in [3.05, 3.63) is 11.8 Å². The number of anilines is 1. The van der Waals surface area contributed by atoms with Crippen molar-refractivity contribution in [2.45, 2.75) is 52.2 Å². The molecule has 126 valence electrons. The Balaban J connectivity index is 0.00000242. The second-order valence-corrected chi connectivity index (χ2v) is 5.54. The Bertz CT molecular complexity index is 468. The number of hydrogen-bond donors (Lipinski definition) is 2. The lowest BCUT2D eigenvalue weighted by Crippen LogP contribution is -2.40. The maximum Gasteiger partial charge on any atom is 0.228 e. The summed E-state index contributed by atoms with van der Waals surface area (Å²) in [6, 6.07) is 0.321. The van der Waals surface area contributed by atoms with Crippen LogP contribution < -0.4 is 10.6 Å². The van der Waals surface area contributed by atoms with Crippen molar-refractivity contribution in [1.82, 2.24) is 15.1 Å². The number of rotatable bonds is 6. The quantitative estimate of drug-likeness (QED) is 0.839. The molecule has 1 amide bonds. The predicted octanol–water partition coefficient (Wildman–Crippen LogP) is 2.29. The van der Waals surface area contributed by atoms with Gasteiger partial charge < -0.3 is 15.4 Å². The largest absolute Gasteiger partial charge is 0.375 e. The van der Waals surface area contributed by atoms with Gasteiger partial charge in [0.1, 0.15) is 5.82 Å². The van der Waals surface area contributed by atoms with Crippen LogP contribution in [0.5, 0.6) is 0 Å². The van der Waals surface area contributed by atoms with E-state index in [0.717, 1.165) is 37.3 Å². The van der Waals surface area contributed by atoms with Crippen LogP contribution >= 0.6 is 12.4 Å². The molecule has 0 spiro atoms. The molecule has 0 aromatic carbocycles. The summed E-state index contributed by atoms with van der Waals surface area (Å²) in [5.41, 5.74) is 0.998. The van der Waals surface area contributed by atoms with Gasteiger partial charge >= 0.3 is 0 Å². The molecule has 0 aliphatic carbocycles. The molecule has 6 nitrogen and oxygen atoms in total. The van der Waals surface area contributed by atoms with Crippen LogP contribution in [0.1, 0.15) is 44.7 Å². The van der Waals surface area contributed by atoms with E-state index >= 15 is 0 Å². The van der Waals surface area contributed by atoms with Crippen LogP contribution in [0.15, 0.2) is 6.20 Å². The lowest BCUT2D eigenvalue weighted by Gasteiger charge is -2.23. The molecule has 2 rings (SSSR count). The van der Waals surface area contributed by atoms with Crippen molar-refractivity contribution in [3.8, 4) is 0 Å². The topological polar surface area (TPSA) is 68.2 Å². The minimum Gasteiger partial charge on any atom is -0.375 e. The van der Waals surface area contributed by atoms with E-state index in [0.29, 0.717) is 19.1 Å². The van der Waals surface area contributed by atoms with Crippen LogP contribution in [0.2, 0.25) is 0 Å². The minimum absolute atomic E-state index is 0. The summed E-state index contributed by atoms with van der Waals surface area (Å²) in [4.78, 5) is 12.2. The third-order valence-corrected chi connectivity index (χ3v) is 3.94. The van der Waals surface area contributed by atoms with Crippen LogP contribution in [0, 0.1) is 6.92 Å². The number of aromatic nitrogens is 2. The fourth-order valence-corrected chi connectivity index (χ4v) is 2.66. The first kappa shape index (κ1) is 18.9. The van der Waals surface area contributed by atoms with E-state index < -0.39 is 0 Å². The first-order valence-corrected chi connectivity index (χ1v) is 7.82. The zero-order valence-electron chi connectivity index (χ0n) is 13.6. The Morgan fingerprint density at radius 3 is 2.86 bits per heavy atom. The van der Waals surface area contributed by atoms with E-state index in [1.807, 2.05) is 17.8 Å². The highest BCUT2D eigenvalue weighted by Gasteiger charge is 2.20. The molecule has 1 aromatic heterocycles. The average molecular weight is 331 g/mol. The third kappa shape index (κ3) is 4.69. The van der Waals surface area contributed by atoms with Crippen molar-refractivity contribution in [1.29, 1.82) is 0 Å². The van der Waals surface area contributed by atoms with Gasteiger partial charge in [0.25, 0.3) is 0 Å². The maximum atomic E-state index is 12.2. The van der Waals surface area contributed by atoms with Crippen LogP contribution in [0.4, 0.5) is 5.82 Å². The van der Waals surface area contributed by atoms with E-state index in [2.05, 4.69) is 29.6 Å². The number of aryl methyl sites for hydroxylation is 1. The van der Waals surface area contributed by atoms with Gasteiger partial charge in [-0.1, -0.05) is 13.8 Å². The van der Waals surface area contributed by atoms with Gasteiger partial charge in [-0.15, -0.1) is 12.4 Å². The first-order valence-electron chi connectivity index (χ1n) is 7.82. The van der Waals surface area contributed by atoms with E-state index in [-0.39, 0.29) is 24.4 Å². The molecule has 2 N–H and O–H groups in total. The van der Waals surface area contributed by atoms with Crippen molar-refractivity contribution in [3.63, 3.8) is 0 Å². The normalized spacial score (nSPS) is 18.1. The summed E-state index contributed by atoms with van der Waals surface area (Å²) < 4.78 is 7.51. The molecule has 0 bridgehead atoms. The van der Waals surface area contributed by atoms with Gasteiger partial charge in [-0.25, -0.2) is 4.68 Å². The molecule has 1 saturated heterocycles. The zero-order valence-corrected chi connectivity index (χ0v) is 14.4. The molecule has 1 unspecified atom stereocenters. The fourth-order valence-electron chi connectivity index (χ4n) is 2.66. The molecule has 0 saturated carbocycles. The Labute approximate surface area is 138 Å². The number of halogens is 1. The highest BCUT2D eigenvalue weighted by atomic mass is 35.5. The minimum atomic E-state index is -0.0384. The number of ether oxygens (including phenoxy) is 1. The van der Waals surface area contributed by atoms with E-state index in [1.54, 1.807) is 0 Å². The van der Waals surface area contributed by atoms with Gasteiger partial charge in [-0.2, -0.15) is 5.10 Å². The number of carbonyl (C=O) groups is 1. The van der Waals surface area contributed by atoms with Crippen LogP contribution in [0.25, 0.3) is 0 Å². The van der Waals surface area contributed by atoms with Gasteiger partial charge in [-0.05, 0) is 19.8 Å². The number of nitrogens with zero attached hydrogens (tertiary/aromatic N) is 2. The molecule has 2 heterocycles. The summed E-state index contributed by atoms with van der Waals surface area (Å²) in [6.45, 7) is 8.51. The Morgan fingerprint density at radius 1 is 1.55 bits per heavy atom. The molecular formula is C15H27ClN4O2. The van der Waals surface area contributed by atoms with Gasteiger partial charge in [0, 0.05) is 18.7 Å². The zero-order chi connectivity index (χ0) is 15.2. The molecule has 0 radical (unpaired) electrons. The van der Waals surface area contributed by atoms with Gasteiger partial charge in [0.15, 0.2) is 0 Å². The number of hydrogen-bond acceptors (Lipinski definition) is 4. The fraction of sp³-hybridized carbons (Fsp3) is 0.733. The standard InChI is InChI=1S/C15H26N4O2.ClH/c1-4-12(5-2)19-15(11(3)9-17-19)18-14(20)8-13-10-16-6-7-21-13;/h9,12-13,16H,4-8,10H2,1-3H3,(H,18,20);1H.